The summed E-state index contributed by atoms with van der Waals surface area (Å²) in [5.41, 5.74) is 31.0. The van der Waals surface area contributed by atoms with Crippen LogP contribution in [0.1, 0.15) is 189 Å². The van der Waals surface area contributed by atoms with Crippen molar-refractivity contribution in [1.82, 2.24) is 67.9 Å². The first-order chi connectivity index (χ1) is 50.7. The minimum absolute atomic E-state index is 0.00680. The van der Waals surface area contributed by atoms with Crippen LogP contribution in [0.2, 0.25) is 0 Å². The summed E-state index contributed by atoms with van der Waals surface area (Å²) >= 11 is 0. The molecule has 0 radical (unpaired) electrons. The Bertz CT molecular complexity index is 3360. The zero-order valence-corrected chi connectivity index (χ0v) is 65.5. The maximum absolute atomic E-state index is 14.9. The monoisotopic (exact) mass is 1520 g/mol. The van der Waals surface area contributed by atoms with Crippen LogP contribution in [0.15, 0.2) is 72.0 Å². The molecule has 0 aliphatic heterocycles. The van der Waals surface area contributed by atoms with Crippen LogP contribution < -0.4 is 86.6 Å². The number of sulfonamides is 1. The largest absolute Gasteiger partial charge is 0.368 e. The van der Waals surface area contributed by atoms with Crippen LogP contribution in [0, 0.1) is 36.5 Å². The Morgan fingerprint density at radius 2 is 0.776 bits per heavy atom. The molecule has 0 saturated heterocycles. The predicted octanol–water partition coefficient (Wildman–Crippen LogP) is 1.54. The summed E-state index contributed by atoms with van der Waals surface area (Å²) in [7, 11) is -4.28. The van der Waals surface area contributed by atoms with Crippen molar-refractivity contribution in [2.75, 3.05) is 26.2 Å². The lowest BCUT2D eigenvalue weighted by atomic mass is 9.95. The number of aryl methyl sites for hydroxylation is 1. The number of nitrogens with zero attached hydrogens (tertiary/aromatic N) is 1. The highest BCUT2D eigenvalue weighted by Crippen LogP contribution is 2.19. The van der Waals surface area contributed by atoms with Gasteiger partial charge in [0, 0.05) is 18.3 Å². The van der Waals surface area contributed by atoms with E-state index in [-0.39, 0.29) is 100 Å². The lowest BCUT2D eigenvalue weighted by Crippen LogP contribution is -2.62. The average Bonchev–Trinajstić information content (AvgIpc) is 1.00. The van der Waals surface area contributed by atoms with Crippen molar-refractivity contribution in [3.8, 4) is 0 Å². The van der Waals surface area contributed by atoms with Gasteiger partial charge in [-0.05, 0) is 183 Å². The number of unbranched alkanes of at least 4 members (excludes halogenated alkanes) is 4. The summed E-state index contributed by atoms with van der Waals surface area (Å²) in [4.78, 5) is 165. The number of primary amides is 1. The Morgan fingerprint density at radius 1 is 0.421 bits per heavy atom. The summed E-state index contributed by atoms with van der Waals surface area (Å²) < 4.78 is 30.2. The quantitative estimate of drug-likeness (QED) is 0.0356. The van der Waals surface area contributed by atoms with Gasteiger partial charge in [-0.2, -0.15) is 4.72 Å². The molecule has 0 unspecified atom stereocenters. The molecule has 600 valence electrons. The maximum atomic E-state index is 14.9. The Balaban J connectivity index is 1.98. The number of benzene rings is 2. The molecule has 12 atom stereocenters. The molecule has 0 aliphatic carbocycles. The van der Waals surface area contributed by atoms with Gasteiger partial charge in [0.2, 0.25) is 75.0 Å². The normalized spacial score (nSPS) is 15.0. The summed E-state index contributed by atoms with van der Waals surface area (Å²) in [6.07, 6.45) is 6.72. The molecule has 0 fully saturated rings. The fourth-order valence-electron chi connectivity index (χ4n) is 11.9. The van der Waals surface area contributed by atoms with E-state index in [1.807, 2.05) is 41.5 Å². The van der Waals surface area contributed by atoms with E-state index in [0.29, 0.717) is 75.6 Å². The molecule has 11 amide bonds. The molecule has 0 bridgehead atoms. The number of H-pyrrole nitrogens is 1. The maximum Gasteiger partial charge on any atom is 0.243 e. The van der Waals surface area contributed by atoms with Crippen LogP contribution in [0.5, 0.6) is 0 Å². The third kappa shape index (κ3) is 34.1. The number of nitrogens with one attached hydrogen (secondary N) is 12. The van der Waals surface area contributed by atoms with Gasteiger partial charge in [0.25, 0.3) is 0 Å². The zero-order chi connectivity index (χ0) is 79.9. The van der Waals surface area contributed by atoms with E-state index in [0.717, 1.165) is 5.56 Å². The van der Waals surface area contributed by atoms with E-state index in [1.165, 1.54) is 24.7 Å². The second kappa shape index (κ2) is 48.8. The fourth-order valence-corrected chi connectivity index (χ4v) is 13.1. The number of rotatable bonds is 53. The smallest absolute Gasteiger partial charge is 0.243 e. The predicted molar refractivity (Wildman–Crippen MR) is 411 cm³/mol. The van der Waals surface area contributed by atoms with Crippen LogP contribution in [-0.2, 0) is 75.6 Å². The highest BCUT2D eigenvalue weighted by atomic mass is 32.2. The molecule has 32 heteroatoms. The summed E-state index contributed by atoms with van der Waals surface area (Å²) in [5, 5.41) is 27.9. The Morgan fingerprint density at radius 3 is 1.17 bits per heavy atom. The van der Waals surface area contributed by atoms with Crippen molar-refractivity contribution in [2.45, 2.75) is 263 Å². The van der Waals surface area contributed by atoms with Crippen molar-refractivity contribution in [1.29, 1.82) is 0 Å². The second-order valence-corrected chi connectivity index (χ2v) is 31.2. The minimum atomic E-state index is -4.28. The van der Waals surface area contributed by atoms with Crippen molar-refractivity contribution in [2.24, 2.45) is 58.3 Å². The zero-order valence-electron chi connectivity index (χ0n) is 64.7. The van der Waals surface area contributed by atoms with Gasteiger partial charge in [-0.1, -0.05) is 124 Å². The van der Waals surface area contributed by atoms with Gasteiger partial charge >= 0.3 is 0 Å². The number of imidazole rings is 1. The first kappa shape index (κ1) is 92.8. The van der Waals surface area contributed by atoms with Crippen LogP contribution in [0.25, 0.3) is 0 Å². The first-order valence-electron chi connectivity index (χ1n) is 37.9. The number of aromatic amines is 1. The number of hydrogen-bond donors (Lipinski definition) is 17. The van der Waals surface area contributed by atoms with Gasteiger partial charge in [-0.15, -0.1) is 0 Å². The standard InChI is InChI=1S/C75H126N18O13S/c1-12-50(11)64(75(104)90-60(40-47(6)7)70(99)85-56(28-18-22-36-78)68(97)91-63(48(8)9)74(103)87-58(65(80)94)38-45(2)3)92-69(98)57(29-19-23-37-79)83-66(95)54(26-16-20-34-76)84-72(101)61(42-52-43-81-44-82-52)89-71(100)59(39-46(4)5)88-67(96)55(27-17-21-35-77)86-73(102)62(41-51-24-14-13-15-25-51)93-107(105,106)53-32-30-49(10)31-33-53/h13-15,24-25,30-33,43-48,50,54-64,93H,12,16-23,26-29,34-42,76-79H2,1-11H3,(H2,80,94)(H,81,82)(H,83,95)(H,84,101)(H,85,99)(H,86,102)(H,87,103)(H,88,96)(H,89,100)(H,90,104)(H,91,97)(H,92,98)/t50-,54-,55-,56-,57-,58-,59-,60-,61-,62-,63-,64-/m0/s1. The van der Waals surface area contributed by atoms with E-state index in [4.69, 9.17) is 28.7 Å². The third-order valence-corrected chi connectivity index (χ3v) is 19.7. The van der Waals surface area contributed by atoms with Crippen molar-refractivity contribution >= 4 is 75.0 Å². The Kier molecular flexibility index (Phi) is 42.3. The molecule has 3 aromatic rings. The topological polar surface area (TPSA) is 513 Å². The molecule has 1 aromatic heterocycles. The SMILES string of the molecule is CC[C@H](C)[C@H](NC(=O)[C@H](CCCCN)NC(=O)[C@H](CCCCN)NC(=O)[C@H](Cc1cnc[nH]1)NC(=O)[C@H](CC(C)C)NC(=O)[C@H](CCCCN)NC(=O)[C@H](Cc1ccccc1)NS(=O)(=O)c1ccc(C)cc1)C(=O)N[C@@H](CC(C)C)C(=O)N[C@@H](CCCCN)C(=O)N[C@H](C(=O)N[C@@H](CC(C)C)C(N)=O)C(C)C. The summed E-state index contributed by atoms with van der Waals surface area (Å²) in [6.45, 7) is 20.8. The molecular formula is C75H126N18O13S. The van der Waals surface area contributed by atoms with E-state index in [2.05, 4.69) is 67.9 Å². The van der Waals surface area contributed by atoms with E-state index >= 15 is 0 Å². The molecule has 31 nitrogen and oxygen atoms in total. The lowest BCUT2D eigenvalue weighted by molar-refractivity contribution is -0.137. The van der Waals surface area contributed by atoms with Crippen molar-refractivity contribution in [3.05, 3.63) is 83.9 Å². The van der Waals surface area contributed by atoms with Crippen molar-refractivity contribution < 1.29 is 61.2 Å². The summed E-state index contributed by atoms with van der Waals surface area (Å²) in [6, 6.07) is 0.835. The molecule has 0 saturated carbocycles. The van der Waals surface area contributed by atoms with E-state index < -0.39 is 153 Å². The Hall–Kier alpha value is -8.43. The lowest BCUT2D eigenvalue weighted by Gasteiger charge is -2.30. The molecule has 2 aromatic carbocycles. The molecule has 3 rings (SSSR count). The third-order valence-electron chi connectivity index (χ3n) is 18.2. The van der Waals surface area contributed by atoms with Gasteiger partial charge in [0.15, 0.2) is 0 Å². The first-order valence-corrected chi connectivity index (χ1v) is 39.4. The number of carbonyl (C=O) groups is 11. The van der Waals surface area contributed by atoms with Crippen LogP contribution in [0.4, 0.5) is 0 Å². The molecule has 0 aliphatic rings. The Labute approximate surface area is 632 Å². The number of carbonyl (C=O) groups excluding carboxylic acids is 11. The average molecular weight is 1520 g/mol. The molecular weight excluding hydrogens is 1390 g/mol. The molecule has 107 heavy (non-hydrogen) atoms. The van der Waals surface area contributed by atoms with E-state index in [9.17, 15) is 61.2 Å². The van der Waals surface area contributed by atoms with Gasteiger partial charge in [0.05, 0.1) is 11.2 Å². The number of aromatic nitrogens is 2. The number of hydrogen-bond acceptors (Lipinski definition) is 18. The second-order valence-electron chi connectivity index (χ2n) is 29.5. The van der Waals surface area contributed by atoms with E-state index in [1.54, 1.807) is 77.1 Å². The molecule has 22 N–H and O–H groups in total. The minimum Gasteiger partial charge on any atom is -0.368 e. The van der Waals surface area contributed by atoms with Crippen molar-refractivity contribution in [3.63, 3.8) is 0 Å². The highest BCUT2D eigenvalue weighted by Gasteiger charge is 2.39. The summed E-state index contributed by atoms with van der Waals surface area (Å²) in [5.74, 6) is -9.74. The van der Waals surface area contributed by atoms with Gasteiger partial charge in [-0.3, -0.25) is 52.7 Å². The fraction of sp³-hybridized carbons (Fsp3) is 0.653. The van der Waals surface area contributed by atoms with Gasteiger partial charge in [0.1, 0.15) is 66.5 Å². The van der Waals surface area contributed by atoms with Crippen LogP contribution in [-0.4, -0.2) is 176 Å². The van der Waals surface area contributed by atoms with Gasteiger partial charge < -0.3 is 86.8 Å². The molecule has 0 spiro atoms. The van der Waals surface area contributed by atoms with Crippen LogP contribution in [0.3, 0.4) is 0 Å². The van der Waals surface area contributed by atoms with Crippen LogP contribution >= 0.6 is 0 Å². The van der Waals surface area contributed by atoms with Gasteiger partial charge in [-0.25, -0.2) is 13.4 Å². The number of amides is 11. The molecule has 1 heterocycles. The number of nitrogens with two attached hydrogens (primary N) is 5. The highest BCUT2D eigenvalue weighted by molar-refractivity contribution is 7.89.